The summed E-state index contributed by atoms with van der Waals surface area (Å²) < 4.78 is 14.4. The van der Waals surface area contributed by atoms with Crippen LogP contribution in [-0.4, -0.2) is 52.6 Å². The van der Waals surface area contributed by atoms with Crippen LogP contribution in [0.3, 0.4) is 0 Å². The van der Waals surface area contributed by atoms with Crippen LogP contribution in [0.2, 0.25) is 10.0 Å². The zero-order chi connectivity index (χ0) is 40.0. The average Bonchev–Trinajstić information content (AvgIpc) is 3.92. The van der Waals surface area contributed by atoms with Gasteiger partial charge < -0.3 is 18.8 Å². The first-order valence-corrected chi connectivity index (χ1v) is 20.1. The summed E-state index contributed by atoms with van der Waals surface area (Å²) in [5.74, 6) is 1.37. The van der Waals surface area contributed by atoms with E-state index in [0.29, 0.717) is 42.5 Å². The van der Waals surface area contributed by atoms with Crippen molar-refractivity contribution in [2.75, 3.05) is 18.1 Å². The summed E-state index contributed by atoms with van der Waals surface area (Å²) in [6, 6.07) is 20.1. The highest BCUT2D eigenvalue weighted by Gasteiger charge is 2.37. The van der Waals surface area contributed by atoms with Crippen LogP contribution in [0.1, 0.15) is 63.6 Å². The first-order valence-electron chi connectivity index (χ1n) is 19.3. The zero-order valence-corrected chi connectivity index (χ0v) is 34.9. The number of hydrogen-bond acceptors (Lipinski definition) is 5. The molecule has 0 bridgehead atoms. The molecule has 0 fully saturated rings. The van der Waals surface area contributed by atoms with Crippen molar-refractivity contribution in [3.8, 4) is 28.3 Å². The number of aryl methyl sites for hydroxylation is 7. The molecule has 9 rings (SSSR count). The molecule has 0 spiro atoms. The van der Waals surface area contributed by atoms with Gasteiger partial charge in [0.15, 0.2) is 11.5 Å². The van der Waals surface area contributed by atoms with Gasteiger partial charge in [-0.25, -0.2) is 9.50 Å². The Morgan fingerprint density at radius 3 is 2.39 bits per heavy atom. The second kappa shape index (κ2) is 13.8. The number of amides is 1. The molecule has 1 atom stereocenters. The smallest absolute Gasteiger partial charge is 0.275 e. The van der Waals surface area contributed by atoms with E-state index in [1.165, 1.54) is 0 Å². The molecule has 0 N–H and O–H groups in total. The number of carbonyl (C=O) groups excluding carboxylic acids is 1. The number of halogens is 2. The average molecular weight is 800 g/mol. The third-order valence-electron chi connectivity index (χ3n) is 11.6. The monoisotopic (exact) mass is 798 g/mol. The number of nitrogens with zero attached hydrogens (tertiary/aromatic N) is 8. The molecule has 1 unspecified atom stereocenters. The summed E-state index contributed by atoms with van der Waals surface area (Å²) >= 11 is 13.6. The Balaban J connectivity index is 1.17. The lowest BCUT2D eigenvalue weighted by molar-refractivity contribution is 0.0957. The molecule has 3 aromatic carbocycles. The van der Waals surface area contributed by atoms with E-state index in [4.69, 9.17) is 43.1 Å². The van der Waals surface area contributed by atoms with Crippen molar-refractivity contribution in [2.45, 2.75) is 60.4 Å². The minimum atomic E-state index is -0.0822. The summed E-state index contributed by atoms with van der Waals surface area (Å²) in [6.45, 7) is 13.2. The van der Waals surface area contributed by atoms with Gasteiger partial charge in [0.2, 0.25) is 0 Å². The summed E-state index contributed by atoms with van der Waals surface area (Å²) in [7, 11) is 3.98. The van der Waals surface area contributed by atoms with E-state index < -0.39 is 0 Å². The quantitative estimate of drug-likeness (QED) is 0.143. The molecule has 290 valence electrons. The molecule has 6 heterocycles. The van der Waals surface area contributed by atoms with Crippen molar-refractivity contribution >= 4 is 62.2 Å². The molecular formula is C45H44Cl2N8O2. The highest BCUT2D eigenvalue weighted by Crippen LogP contribution is 2.46. The van der Waals surface area contributed by atoms with Crippen LogP contribution in [0.15, 0.2) is 66.9 Å². The molecule has 0 saturated carbocycles. The highest BCUT2D eigenvalue weighted by molar-refractivity contribution is 6.35. The second-order valence-electron chi connectivity index (χ2n) is 15.5. The number of rotatable bonds is 8. The van der Waals surface area contributed by atoms with E-state index >= 15 is 4.79 Å². The number of aromatic nitrogens is 7. The number of carbonyl (C=O) groups is 1. The van der Waals surface area contributed by atoms with Gasteiger partial charge in [-0.1, -0.05) is 35.3 Å². The van der Waals surface area contributed by atoms with Crippen LogP contribution in [0.5, 0.6) is 5.75 Å². The van der Waals surface area contributed by atoms with E-state index in [9.17, 15) is 0 Å². The van der Waals surface area contributed by atoms with Crippen LogP contribution in [0, 0.1) is 34.6 Å². The molecule has 8 aromatic rings. The van der Waals surface area contributed by atoms with Gasteiger partial charge in [-0.15, -0.1) is 5.10 Å². The maximum atomic E-state index is 15.3. The molecule has 1 aliphatic rings. The Bertz CT molecular complexity index is 2930. The fourth-order valence-electron chi connectivity index (χ4n) is 8.82. The summed E-state index contributed by atoms with van der Waals surface area (Å²) in [4.78, 5) is 22.1. The third-order valence-corrected chi connectivity index (χ3v) is 12.5. The van der Waals surface area contributed by atoms with E-state index in [-0.39, 0.29) is 11.9 Å². The lowest BCUT2D eigenvalue weighted by Gasteiger charge is -2.34. The number of hydrogen-bond donors (Lipinski definition) is 0. The number of benzene rings is 3. The van der Waals surface area contributed by atoms with Crippen LogP contribution in [-0.2, 0) is 20.5 Å². The maximum absolute atomic E-state index is 15.3. The molecule has 5 aromatic heterocycles. The van der Waals surface area contributed by atoms with E-state index in [1.54, 1.807) is 0 Å². The molecule has 12 heteroatoms. The number of fused-ring (bicyclic) bond motifs is 5. The predicted molar refractivity (Wildman–Crippen MR) is 229 cm³/mol. The van der Waals surface area contributed by atoms with Crippen molar-refractivity contribution in [2.24, 2.45) is 14.1 Å². The Labute approximate surface area is 341 Å². The number of pyridine rings is 1. The van der Waals surface area contributed by atoms with Gasteiger partial charge in [0, 0.05) is 82.3 Å². The van der Waals surface area contributed by atoms with Crippen LogP contribution in [0.4, 0.5) is 5.69 Å². The minimum Gasteiger partial charge on any atom is -0.494 e. The Morgan fingerprint density at radius 1 is 0.895 bits per heavy atom. The summed E-state index contributed by atoms with van der Waals surface area (Å²) in [5, 5.41) is 13.0. The van der Waals surface area contributed by atoms with E-state index in [0.717, 1.165) is 94.4 Å². The van der Waals surface area contributed by atoms with Gasteiger partial charge in [-0.05, 0) is 120 Å². The molecule has 0 radical (unpaired) electrons. The summed E-state index contributed by atoms with van der Waals surface area (Å²) in [5.41, 5.74) is 12.9. The first kappa shape index (κ1) is 37.0. The number of ether oxygens (including phenoxy) is 1. The Hall–Kier alpha value is -5.58. The molecule has 1 amide bonds. The Morgan fingerprint density at radius 2 is 1.67 bits per heavy atom. The van der Waals surface area contributed by atoms with Crippen molar-refractivity contribution in [1.29, 1.82) is 0 Å². The van der Waals surface area contributed by atoms with Crippen LogP contribution in [0.25, 0.3) is 50.0 Å². The predicted octanol–water partition coefficient (Wildman–Crippen LogP) is 10.3. The second-order valence-corrected chi connectivity index (χ2v) is 16.3. The standard InChI is InChI=1S/C45H44Cl2N8O2/c1-24-19-31(20-25(2)41(24)47)57-18-10-12-32-33-15-16-35(46)40(39-28(5)49-52(8)29(39)6)42(33)54-27(4)22-53(45(56)43(32)54)37-23-51(7)36-17-14-30(21-34(36)37)44-48-38-13-9-11-26(3)55(38)50-44/h9,11,13-17,19-21,23,27H,10,12,18,22H2,1-8H3. The number of anilines is 1. The maximum Gasteiger partial charge on any atom is 0.275 e. The third kappa shape index (κ3) is 5.91. The Kier molecular flexibility index (Phi) is 8.97. The topological polar surface area (TPSA) is 87.4 Å². The van der Waals surface area contributed by atoms with E-state index in [1.807, 2.05) is 92.3 Å². The molecular weight excluding hydrogens is 755 g/mol. The van der Waals surface area contributed by atoms with Gasteiger partial charge in [0.05, 0.1) is 28.5 Å². The largest absolute Gasteiger partial charge is 0.494 e. The first-order chi connectivity index (χ1) is 27.3. The van der Waals surface area contributed by atoms with Gasteiger partial charge >= 0.3 is 0 Å². The molecule has 1 aliphatic heterocycles. The van der Waals surface area contributed by atoms with E-state index in [2.05, 4.69) is 53.4 Å². The van der Waals surface area contributed by atoms with Crippen molar-refractivity contribution in [3.05, 3.63) is 116 Å². The fourth-order valence-corrected chi connectivity index (χ4v) is 9.18. The van der Waals surface area contributed by atoms with Gasteiger partial charge in [-0.2, -0.15) is 5.10 Å². The van der Waals surface area contributed by atoms with Crippen molar-refractivity contribution < 1.29 is 9.53 Å². The van der Waals surface area contributed by atoms with Crippen molar-refractivity contribution in [1.82, 2.24) is 33.5 Å². The lowest BCUT2D eigenvalue weighted by Crippen LogP contribution is -2.42. The molecule has 10 nitrogen and oxygen atoms in total. The van der Waals surface area contributed by atoms with Crippen LogP contribution < -0.4 is 9.64 Å². The zero-order valence-electron chi connectivity index (χ0n) is 33.4. The molecule has 57 heavy (non-hydrogen) atoms. The van der Waals surface area contributed by atoms with Crippen molar-refractivity contribution in [3.63, 3.8) is 0 Å². The minimum absolute atomic E-state index is 0.0507. The fraction of sp³-hybridized carbons (Fsp3) is 0.289. The van der Waals surface area contributed by atoms with Crippen LogP contribution >= 0.6 is 23.2 Å². The molecule has 0 saturated heterocycles. The SMILES string of the molecule is Cc1cc(OCCCc2c3n(c4c(-c5c(C)nn(C)c5C)c(Cl)ccc24)C(C)CN(c2cn(C)c4ccc(-c5nc6cccc(C)n6n5)cc24)C3=O)cc(C)c1Cl. The summed E-state index contributed by atoms with van der Waals surface area (Å²) in [6.07, 6.45) is 3.38. The molecule has 0 aliphatic carbocycles. The van der Waals surface area contributed by atoms with Gasteiger partial charge in [0.1, 0.15) is 11.4 Å². The lowest BCUT2D eigenvalue weighted by atomic mass is 9.98. The normalized spacial score (nSPS) is 14.5. The highest BCUT2D eigenvalue weighted by atomic mass is 35.5. The van der Waals surface area contributed by atoms with Gasteiger partial charge in [-0.3, -0.25) is 9.48 Å². The van der Waals surface area contributed by atoms with Gasteiger partial charge in [0.25, 0.3) is 5.91 Å².